The number of halogens is 2. The second-order valence-corrected chi connectivity index (χ2v) is 6.90. The first-order valence-corrected chi connectivity index (χ1v) is 8.72. The third-order valence-electron chi connectivity index (χ3n) is 3.39. The number of benzene rings is 1. The van der Waals surface area contributed by atoms with Crippen molar-refractivity contribution < 1.29 is 9.21 Å². The molecule has 6 nitrogen and oxygen atoms in total. The van der Waals surface area contributed by atoms with Crippen LogP contribution in [0.2, 0.25) is 0 Å². The summed E-state index contributed by atoms with van der Waals surface area (Å²) < 4.78 is 6.87. The first-order chi connectivity index (χ1) is 12.0. The van der Waals surface area contributed by atoms with Gasteiger partial charge < -0.3 is 4.42 Å². The highest BCUT2D eigenvalue weighted by atomic mass is 79.9. The molecular weight excluding hydrogens is 454 g/mol. The second kappa shape index (κ2) is 7.28. The molecule has 3 rings (SSSR count). The molecule has 0 aliphatic heterocycles. The van der Waals surface area contributed by atoms with Gasteiger partial charge in [0.05, 0.1) is 21.3 Å². The Balaban J connectivity index is 1.94. The highest BCUT2D eigenvalue weighted by Gasteiger charge is 2.12. The van der Waals surface area contributed by atoms with Crippen molar-refractivity contribution in [2.75, 3.05) is 0 Å². The summed E-state index contributed by atoms with van der Waals surface area (Å²) in [6.45, 7) is 1.62. The number of hydrogen-bond donors (Lipinski definition) is 1. The zero-order valence-electron chi connectivity index (χ0n) is 12.9. The Morgan fingerprint density at radius 3 is 2.80 bits per heavy atom. The van der Waals surface area contributed by atoms with E-state index in [-0.39, 0.29) is 5.56 Å². The number of carbonyl (C=O) groups excluding carboxylic acids is 1. The Morgan fingerprint density at radius 1 is 1.28 bits per heavy atom. The minimum absolute atomic E-state index is 0.268. The summed E-state index contributed by atoms with van der Waals surface area (Å²) in [5.74, 6) is -0.414. The number of hydrogen-bond acceptors (Lipinski definition) is 5. The lowest BCUT2D eigenvalue weighted by atomic mass is 10.1. The second-order valence-electron chi connectivity index (χ2n) is 5.13. The van der Waals surface area contributed by atoms with E-state index in [9.17, 15) is 9.59 Å². The lowest BCUT2D eigenvalue weighted by Gasteiger charge is -2.05. The first kappa shape index (κ1) is 17.5. The lowest BCUT2D eigenvalue weighted by Crippen LogP contribution is -2.21. The molecular formula is C17H11Br2N3O3. The maximum atomic E-state index is 12.2. The predicted molar refractivity (Wildman–Crippen MR) is 102 cm³/mol. The molecule has 1 amide bonds. The molecule has 0 spiro atoms. The van der Waals surface area contributed by atoms with Crippen molar-refractivity contribution in [3.63, 3.8) is 0 Å². The summed E-state index contributed by atoms with van der Waals surface area (Å²) in [5, 5.41) is 4.72. The van der Waals surface area contributed by atoms with E-state index in [1.807, 2.05) is 6.07 Å². The molecule has 8 heteroatoms. The quantitative estimate of drug-likeness (QED) is 0.362. The van der Waals surface area contributed by atoms with Gasteiger partial charge in [0.25, 0.3) is 5.91 Å². The Labute approximate surface area is 159 Å². The number of carbonyl (C=O) groups is 1. The fourth-order valence-electron chi connectivity index (χ4n) is 2.17. The van der Waals surface area contributed by atoms with Crippen LogP contribution in [0.5, 0.6) is 0 Å². The third kappa shape index (κ3) is 3.85. The first-order valence-electron chi connectivity index (χ1n) is 7.13. The van der Waals surface area contributed by atoms with Crippen molar-refractivity contribution in [3.05, 3.63) is 73.2 Å². The molecule has 0 radical (unpaired) electrons. The van der Waals surface area contributed by atoms with E-state index in [0.29, 0.717) is 21.3 Å². The summed E-state index contributed by atoms with van der Waals surface area (Å²) in [6, 6.07) is 8.56. The van der Waals surface area contributed by atoms with Gasteiger partial charge in [0.15, 0.2) is 5.58 Å². The van der Waals surface area contributed by atoms with Crippen LogP contribution in [-0.4, -0.2) is 16.6 Å². The van der Waals surface area contributed by atoms with Crippen molar-refractivity contribution in [1.82, 2.24) is 10.4 Å². The van der Waals surface area contributed by atoms with E-state index in [2.05, 4.69) is 47.4 Å². The van der Waals surface area contributed by atoms with Crippen molar-refractivity contribution in [3.8, 4) is 0 Å². The molecule has 2 heterocycles. The van der Waals surface area contributed by atoms with Crippen LogP contribution in [-0.2, 0) is 0 Å². The molecule has 0 saturated carbocycles. The molecule has 3 aromatic rings. The summed E-state index contributed by atoms with van der Waals surface area (Å²) in [6.07, 6.45) is 3.00. The maximum Gasteiger partial charge on any atom is 0.345 e. The third-order valence-corrected chi connectivity index (χ3v) is 4.44. The maximum absolute atomic E-state index is 12.2. The smallest absolute Gasteiger partial charge is 0.345 e. The molecule has 0 atom stereocenters. The van der Waals surface area contributed by atoms with Gasteiger partial charge in [-0.05, 0) is 53.2 Å². The number of fused-ring (bicyclic) bond motifs is 1. The Kier molecular flexibility index (Phi) is 5.10. The van der Waals surface area contributed by atoms with Crippen LogP contribution in [0.15, 0.2) is 66.0 Å². The van der Waals surface area contributed by atoms with Gasteiger partial charge in [-0.3, -0.25) is 9.78 Å². The monoisotopic (exact) mass is 463 g/mol. The SMILES string of the molecule is CC(=NNC(=O)c1cccnc1)c1cc2cc(Br)cc(Br)c2oc1=O. The normalized spacial score (nSPS) is 11.6. The average Bonchev–Trinajstić information content (AvgIpc) is 2.60. The lowest BCUT2D eigenvalue weighted by molar-refractivity contribution is 0.0954. The molecule has 0 fully saturated rings. The number of nitrogens with zero attached hydrogens (tertiary/aromatic N) is 2. The Bertz CT molecular complexity index is 1050. The van der Waals surface area contributed by atoms with Crippen LogP contribution < -0.4 is 11.1 Å². The van der Waals surface area contributed by atoms with Crippen LogP contribution in [0.3, 0.4) is 0 Å². The molecule has 0 aliphatic rings. The number of pyridine rings is 1. The van der Waals surface area contributed by atoms with E-state index in [4.69, 9.17) is 4.42 Å². The fraction of sp³-hybridized carbons (Fsp3) is 0.0588. The van der Waals surface area contributed by atoms with Crippen LogP contribution in [0, 0.1) is 0 Å². The minimum Gasteiger partial charge on any atom is -0.421 e. The Morgan fingerprint density at radius 2 is 2.08 bits per heavy atom. The predicted octanol–water partition coefficient (Wildman–Crippen LogP) is 3.87. The largest absolute Gasteiger partial charge is 0.421 e. The molecule has 25 heavy (non-hydrogen) atoms. The summed E-state index contributed by atoms with van der Waals surface area (Å²) in [5.41, 5.74) is 3.30. The van der Waals surface area contributed by atoms with Crippen LogP contribution in [0.25, 0.3) is 11.0 Å². The summed E-state index contributed by atoms with van der Waals surface area (Å²) in [7, 11) is 0. The van der Waals surface area contributed by atoms with Crippen molar-refractivity contribution >= 4 is 54.4 Å². The molecule has 0 unspecified atom stereocenters. The average molecular weight is 465 g/mol. The van der Waals surface area contributed by atoms with E-state index < -0.39 is 11.5 Å². The molecule has 2 aromatic heterocycles. The zero-order valence-corrected chi connectivity index (χ0v) is 16.1. The summed E-state index contributed by atoms with van der Waals surface area (Å²) in [4.78, 5) is 28.1. The van der Waals surface area contributed by atoms with Gasteiger partial charge in [-0.25, -0.2) is 10.2 Å². The van der Waals surface area contributed by atoms with E-state index in [1.54, 1.807) is 37.4 Å². The topological polar surface area (TPSA) is 84.6 Å². The van der Waals surface area contributed by atoms with Crippen molar-refractivity contribution in [2.45, 2.75) is 6.92 Å². The highest BCUT2D eigenvalue weighted by molar-refractivity contribution is 9.11. The summed E-state index contributed by atoms with van der Waals surface area (Å²) >= 11 is 6.76. The fourth-order valence-corrected chi connectivity index (χ4v) is 3.51. The van der Waals surface area contributed by atoms with Gasteiger partial charge in [0, 0.05) is 22.3 Å². The van der Waals surface area contributed by atoms with E-state index >= 15 is 0 Å². The van der Waals surface area contributed by atoms with Gasteiger partial charge >= 0.3 is 5.63 Å². The molecule has 0 bridgehead atoms. The molecule has 126 valence electrons. The van der Waals surface area contributed by atoms with Crippen LogP contribution in [0.1, 0.15) is 22.8 Å². The number of hydrazone groups is 1. The molecule has 1 N–H and O–H groups in total. The van der Waals surface area contributed by atoms with E-state index in [1.165, 1.54) is 6.20 Å². The molecule has 1 aromatic carbocycles. The van der Waals surface area contributed by atoms with Gasteiger partial charge in [-0.1, -0.05) is 15.9 Å². The minimum atomic E-state index is -0.535. The standard InChI is InChI=1S/C17H11Br2N3O3/c1-9(21-22-16(23)10-3-2-4-20-8-10)13-6-11-5-12(18)7-14(19)15(11)25-17(13)24/h2-8H,1H3,(H,22,23). The van der Waals surface area contributed by atoms with Gasteiger partial charge in [-0.2, -0.15) is 5.10 Å². The highest BCUT2D eigenvalue weighted by Crippen LogP contribution is 2.28. The Hall–Kier alpha value is -2.32. The van der Waals surface area contributed by atoms with Gasteiger partial charge in [0.1, 0.15) is 0 Å². The van der Waals surface area contributed by atoms with Crippen LogP contribution in [0.4, 0.5) is 0 Å². The number of amides is 1. The molecule has 0 saturated heterocycles. The zero-order chi connectivity index (χ0) is 18.0. The van der Waals surface area contributed by atoms with Gasteiger partial charge in [-0.15, -0.1) is 0 Å². The van der Waals surface area contributed by atoms with Crippen molar-refractivity contribution in [2.24, 2.45) is 5.10 Å². The van der Waals surface area contributed by atoms with Gasteiger partial charge in [0.2, 0.25) is 0 Å². The van der Waals surface area contributed by atoms with Crippen molar-refractivity contribution in [1.29, 1.82) is 0 Å². The number of rotatable bonds is 3. The van der Waals surface area contributed by atoms with Crippen LogP contribution >= 0.6 is 31.9 Å². The van der Waals surface area contributed by atoms with E-state index in [0.717, 1.165) is 9.86 Å². The number of aromatic nitrogens is 1. The number of nitrogens with one attached hydrogen (secondary N) is 1. The molecule has 0 aliphatic carbocycles.